The average molecular weight is 300 g/mol. The Morgan fingerprint density at radius 2 is 2.37 bits per heavy atom. The molecule has 1 aromatic rings. The van der Waals surface area contributed by atoms with E-state index in [4.69, 9.17) is 5.73 Å². The Morgan fingerprint density at radius 3 is 3.00 bits per heavy atom. The van der Waals surface area contributed by atoms with E-state index in [0.717, 1.165) is 11.6 Å². The van der Waals surface area contributed by atoms with E-state index in [0.29, 0.717) is 28.5 Å². The third kappa shape index (κ3) is 4.28. The predicted molar refractivity (Wildman–Crippen MR) is 83.1 cm³/mol. The fraction of sp³-hybridized carbons (Fsp3) is 0.667. The van der Waals surface area contributed by atoms with E-state index in [1.165, 1.54) is 24.2 Å². The summed E-state index contributed by atoms with van der Waals surface area (Å²) in [4.78, 5) is 16.7. The number of thiazole rings is 1. The van der Waals surface area contributed by atoms with E-state index in [2.05, 4.69) is 28.8 Å². The van der Waals surface area contributed by atoms with Crippen LogP contribution in [0.5, 0.6) is 0 Å². The molecule has 19 heavy (non-hydrogen) atoms. The van der Waals surface area contributed by atoms with Gasteiger partial charge in [0, 0.05) is 17.8 Å². The highest BCUT2D eigenvalue weighted by atomic mass is 32.2. The molecule has 0 aliphatic heterocycles. The Morgan fingerprint density at radius 1 is 1.63 bits per heavy atom. The maximum Gasteiger partial charge on any atom is 0.265 e. The fourth-order valence-corrected chi connectivity index (χ4v) is 2.78. The Kier molecular flexibility index (Phi) is 4.93. The summed E-state index contributed by atoms with van der Waals surface area (Å²) in [6.45, 7) is 2.82. The molecule has 1 aromatic heterocycles. The number of rotatable bonds is 7. The van der Waals surface area contributed by atoms with Crippen LogP contribution in [0, 0.1) is 0 Å². The van der Waals surface area contributed by atoms with Crippen molar-refractivity contribution in [3.63, 3.8) is 0 Å². The molecule has 1 amide bonds. The van der Waals surface area contributed by atoms with Crippen LogP contribution < -0.4 is 16.4 Å². The van der Waals surface area contributed by atoms with Crippen LogP contribution in [0.1, 0.15) is 35.9 Å². The summed E-state index contributed by atoms with van der Waals surface area (Å²) in [5.41, 5.74) is 5.79. The SMILES string of the molecule is CSC(C)CCNC(=O)c1sc(NC2CC2)nc1N. The van der Waals surface area contributed by atoms with Crippen molar-refractivity contribution in [3.8, 4) is 0 Å². The van der Waals surface area contributed by atoms with Gasteiger partial charge in [0.05, 0.1) is 0 Å². The minimum Gasteiger partial charge on any atom is -0.382 e. The topological polar surface area (TPSA) is 80.0 Å². The molecule has 1 unspecified atom stereocenters. The van der Waals surface area contributed by atoms with Crippen LogP contribution in [0.15, 0.2) is 0 Å². The Labute approximate surface area is 121 Å². The highest BCUT2D eigenvalue weighted by molar-refractivity contribution is 7.99. The van der Waals surface area contributed by atoms with Gasteiger partial charge in [-0.05, 0) is 25.5 Å². The highest BCUT2D eigenvalue weighted by Gasteiger charge is 2.24. The molecule has 0 radical (unpaired) electrons. The summed E-state index contributed by atoms with van der Waals surface area (Å²) in [5.74, 6) is 0.204. The summed E-state index contributed by atoms with van der Waals surface area (Å²) in [7, 11) is 0. The molecule has 1 aliphatic carbocycles. The highest BCUT2D eigenvalue weighted by Crippen LogP contribution is 2.30. The first kappa shape index (κ1) is 14.5. The Hall–Kier alpha value is -0.950. The largest absolute Gasteiger partial charge is 0.382 e. The lowest BCUT2D eigenvalue weighted by molar-refractivity contribution is 0.0958. The van der Waals surface area contributed by atoms with Gasteiger partial charge in [-0.15, -0.1) is 0 Å². The van der Waals surface area contributed by atoms with Gasteiger partial charge in [-0.3, -0.25) is 4.79 Å². The van der Waals surface area contributed by atoms with Crippen molar-refractivity contribution in [1.82, 2.24) is 10.3 Å². The lowest BCUT2D eigenvalue weighted by Gasteiger charge is -2.08. The van der Waals surface area contributed by atoms with Gasteiger partial charge in [0.1, 0.15) is 10.7 Å². The Balaban J connectivity index is 1.85. The van der Waals surface area contributed by atoms with E-state index in [1.54, 1.807) is 11.8 Å². The van der Waals surface area contributed by atoms with Crippen molar-refractivity contribution in [3.05, 3.63) is 4.88 Å². The standard InChI is InChI=1S/C12H20N4OS2/c1-7(18-2)5-6-14-11(17)9-10(13)16-12(19-9)15-8-3-4-8/h7-8H,3-6,13H2,1-2H3,(H,14,17)(H,15,16). The minimum atomic E-state index is -0.118. The van der Waals surface area contributed by atoms with Crippen LogP contribution in [-0.2, 0) is 0 Å². The molecule has 1 heterocycles. The number of hydrogen-bond donors (Lipinski definition) is 3. The molecule has 5 nitrogen and oxygen atoms in total. The van der Waals surface area contributed by atoms with E-state index in [1.807, 2.05) is 0 Å². The van der Waals surface area contributed by atoms with E-state index < -0.39 is 0 Å². The fourth-order valence-electron chi connectivity index (χ4n) is 1.55. The van der Waals surface area contributed by atoms with Crippen LogP contribution >= 0.6 is 23.1 Å². The van der Waals surface area contributed by atoms with Gasteiger partial charge in [-0.2, -0.15) is 11.8 Å². The molecule has 7 heteroatoms. The second-order valence-electron chi connectivity index (χ2n) is 4.74. The number of nitrogens with one attached hydrogen (secondary N) is 2. The molecule has 0 bridgehead atoms. The van der Waals surface area contributed by atoms with Gasteiger partial charge >= 0.3 is 0 Å². The number of carbonyl (C=O) groups excluding carboxylic acids is 1. The molecule has 1 saturated carbocycles. The summed E-state index contributed by atoms with van der Waals surface area (Å²) >= 11 is 3.13. The maximum atomic E-state index is 12.0. The van der Waals surface area contributed by atoms with Crippen LogP contribution in [0.25, 0.3) is 0 Å². The number of thioether (sulfide) groups is 1. The molecule has 0 saturated heterocycles. The molecule has 1 aliphatic rings. The number of nitrogens with zero attached hydrogens (tertiary/aromatic N) is 1. The summed E-state index contributed by atoms with van der Waals surface area (Å²) in [6.07, 6.45) is 5.38. The summed E-state index contributed by atoms with van der Waals surface area (Å²) in [5, 5.41) is 7.46. The zero-order chi connectivity index (χ0) is 13.8. The molecule has 0 aromatic carbocycles. The van der Waals surface area contributed by atoms with Crippen LogP contribution in [0.3, 0.4) is 0 Å². The van der Waals surface area contributed by atoms with E-state index in [-0.39, 0.29) is 5.91 Å². The average Bonchev–Trinajstić information content (AvgIpc) is 3.11. The van der Waals surface area contributed by atoms with Gasteiger partial charge in [-0.1, -0.05) is 18.3 Å². The minimum absolute atomic E-state index is 0.118. The van der Waals surface area contributed by atoms with Crippen molar-refractivity contribution >= 4 is 40.0 Å². The first-order valence-electron chi connectivity index (χ1n) is 6.44. The predicted octanol–water partition coefficient (Wildman–Crippen LogP) is 2.17. The third-order valence-electron chi connectivity index (χ3n) is 3.00. The van der Waals surface area contributed by atoms with Crippen molar-refractivity contribution in [2.45, 2.75) is 37.5 Å². The van der Waals surface area contributed by atoms with Crippen LogP contribution in [0.2, 0.25) is 0 Å². The molecule has 106 valence electrons. The zero-order valence-corrected chi connectivity index (χ0v) is 12.9. The quantitative estimate of drug-likeness (QED) is 0.719. The summed E-state index contributed by atoms with van der Waals surface area (Å²) in [6, 6.07) is 0.517. The summed E-state index contributed by atoms with van der Waals surface area (Å²) < 4.78 is 0. The van der Waals surface area contributed by atoms with Crippen molar-refractivity contribution in [1.29, 1.82) is 0 Å². The molecular weight excluding hydrogens is 280 g/mol. The van der Waals surface area contributed by atoms with Crippen LogP contribution in [0.4, 0.5) is 10.9 Å². The first-order valence-corrected chi connectivity index (χ1v) is 8.54. The van der Waals surface area contributed by atoms with Gasteiger partial charge in [0.15, 0.2) is 5.13 Å². The van der Waals surface area contributed by atoms with Gasteiger partial charge in [0.25, 0.3) is 5.91 Å². The third-order valence-corrected chi connectivity index (χ3v) is 5.04. The normalized spacial score (nSPS) is 16.1. The second kappa shape index (κ2) is 6.47. The second-order valence-corrected chi connectivity index (χ2v) is 7.02. The lowest BCUT2D eigenvalue weighted by Crippen LogP contribution is -2.25. The number of amides is 1. The molecular formula is C12H20N4OS2. The number of aromatic nitrogens is 1. The smallest absolute Gasteiger partial charge is 0.265 e. The number of hydrogen-bond acceptors (Lipinski definition) is 6. The molecule has 1 atom stereocenters. The molecule has 2 rings (SSSR count). The number of nitrogens with two attached hydrogens (primary N) is 1. The van der Waals surface area contributed by atoms with Crippen LogP contribution in [-0.4, -0.2) is 35.0 Å². The monoisotopic (exact) mass is 300 g/mol. The number of anilines is 2. The van der Waals surface area contributed by atoms with Gasteiger partial charge < -0.3 is 16.4 Å². The maximum absolute atomic E-state index is 12.0. The molecule has 4 N–H and O–H groups in total. The molecule has 1 fully saturated rings. The molecule has 0 spiro atoms. The number of carbonyl (C=O) groups is 1. The Bertz CT molecular complexity index is 445. The lowest BCUT2D eigenvalue weighted by atomic mass is 10.3. The van der Waals surface area contributed by atoms with Crippen molar-refractivity contribution in [2.24, 2.45) is 0 Å². The zero-order valence-electron chi connectivity index (χ0n) is 11.2. The van der Waals surface area contributed by atoms with Crippen molar-refractivity contribution in [2.75, 3.05) is 23.9 Å². The number of nitrogen functional groups attached to an aromatic ring is 1. The van der Waals surface area contributed by atoms with Gasteiger partial charge in [0.2, 0.25) is 0 Å². The van der Waals surface area contributed by atoms with Crippen molar-refractivity contribution < 1.29 is 4.79 Å². The van der Waals surface area contributed by atoms with E-state index in [9.17, 15) is 4.79 Å². The van der Waals surface area contributed by atoms with Gasteiger partial charge in [-0.25, -0.2) is 4.98 Å². The van der Waals surface area contributed by atoms with E-state index >= 15 is 0 Å². The first-order chi connectivity index (χ1) is 9.10.